The van der Waals surface area contributed by atoms with E-state index in [9.17, 15) is 5.26 Å². The van der Waals surface area contributed by atoms with E-state index in [1.165, 1.54) is 0 Å². The first-order valence-electron chi connectivity index (χ1n) is 11.1. The molecule has 158 valence electrons. The summed E-state index contributed by atoms with van der Waals surface area (Å²) in [6.45, 7) is 0. The highest BCUT2D eigenvalue weighted by Crippen LogP contribution is 2.41. The van der Waals surface area contributed by atoms with Crippen LogP contribution in [0.15, 0.2) is 108 Å². The summed E-state index contributed by atoms with van der Waals surface area (Å²) in [6, 6.07) is 33.3. The second-order valence-electron chi connectivity index (χ2n) is 8.38. The highest BCUT2D eigenvalue weighted by molar-refractivity contribution is 6.23. The van der Waals surface area contributed by atoms with Crippen LogP contribution in [0, 0.1) is 11.3 Å². The first-order valence-corrected chi connectivity index (χ1v) is 11.1. The zero-order chi connectivity index (χ0) is 22.6. The molecular weight excluding hydrogens is 418 g/mol. The molecule has 4 aromatic carbocycles. The van der Waals surface area contributed by atoms with Crippen molar-refractivity contribution in [2.45, 2.75) is 0 Å². The lowest BCUT2D eigenvalue weighted by Gasteiger charge is -2.14. The summed E-state index contributed by atoms with van der Waals surface area (Å²) in [5, 5.41) is 13.9. The van der Waals surface area contributed by atoms with Crippen LogP contribution in [0.25, 0.3) is 60.6 Å². The fourth-order valence-electron chi connectivity index (χ4n) is 5.06. The molecule has 0 aliphatic heterocycles. The topological polar surface area (TPSA) is 54.8 Å². The lowest BCUT2D eigenvalue weighted by Crippen LogP contribution is -1.97. The van der Waals surface area contributed by atoms with Crippen molar-refractivity contribution < 1.29 is 4.42 Å². The number of pyridine rings is 1. The number of para-hydroxylation sites is 3. The largest absolute Gasteiger partial charge is 0.455 e. The molecular formula is C30H17N3O. The first kappa shape index (κ1) is 18.7. The van der Waals surface area contributed by atoms with E-state index in [-0.39, 0.29) is 0 Å². The van der Waals surface area contributed by atoms with Crippen LogP contribution in [0.1, 0.15) is 5.56 Å². The van der Waals surface area contributed by atoms with Crippen molar-refractivity contribution in [3.8, 4) is 22.9 Å². The van der Waals surface area contributed by atoms with Crippen LogP contribution >= 0.6 is 0 Å². The molecule has 3 heterocycles. The summed E-state index contributed by atoms with van der Waals surface area (Å²) in [7, 11) is 0. The molecule has 0 saturated heterocycles. The molecule has 0 aliphatic carbocycles. The molecule has 34 heavy (non-hydrogen) atoms. The summed E-state index contributed by atoms with van der Waals surface area (Å²) >= 11 is 0. The van der Waals surface area contributed by atoms with Crippen molar-refractivity contribution in [1.82, 2.24) is 9.55 Å². The van der Waals surface area contributed by atoms with E-state index in [4.69, 9.17) is 4.42 Å². The fraction of sp³-hybridized carbons (Fsp3) is 0. The molecule has 0 atom stereocenters. The third-order valence-electron chi connectivity index (χ3n) is 6.50. The van der Waals surface area contributed by atoms with Crippen LogP contribution in [-0.2, 0) is 0 Å². The monoisotopic (exact) mass is 435 g/mol. The smallest absolute Gasteiger partial charge is 0.145 e. The van der Waals surface area contributed by atoms with Gasteiger partial charge in [0.15, 0.2) is 0 Å². The molecule has 0 N–H and O–H groups in total. The van der Waals surface area contributed by atoms with E-state index in [0.717, 1.165) is 60.6 Å². The first-order chi connectivity index (χ1) is 16.8. The van der Waals surface area contributed by atoms with Gasteiger partial charge in [0.25, 0.3) is 0 Å². The Labute approximate surface area is 194 Å². The third kappa shape index (κ3) is 2.55. The average Bonchev–Trinajstić information content (AvgIpc) is 3.44. The van der Waals surface area contributed by atoms with Crippen LogP contribution in [0.4, 0.5) is 0 Å². The Kier molecular flexibility index (Phi) is 3.88. The average molecular weight is 435 g/mol. The predicted molar refractivity (Wildman–Crippen MR) is 136 cm³/mol. The SMILES string of the molecule is N#Cc1cncc(-c2ccccc2-n2c3ccccc3c3c4oc5ccccc5c4ccc32)c1. The van der Waals surface area contributed by atoms with Crippen LogP contribution in [0.2, 0.25) is 0 Å². The molecule has 0 spiro atoms. The van der Waals surface area contributed by atoms with Crippen molar-refractivity contribution in [3.63, 3.8) is 0 Å². The zero-order valence-electron chi connectivity index (χ0n) is 18.1. The van der Waals surface area contributed by atoms with Gasteiger partial charge in [-0.3, -0.25) is 4.98 Å². The van der Waals surface area contributed by atoms with E-state index in [2.05, 4.69) is 70.2 Å². The molecule has 0 fully saturated rings. The van der Waals surface area contributed by atoms with Crippen molar-refractivity contribution in [3.05, 3.63) is 109 Å². The van der Waals surface area contributed by atoms with Crippen LogP contribution in [-0.4, -0.2) is 9.55 Å². The van der Waals surface area contributed by atoms with Crippen molar-refractivity contribution in [1.29, 1.82) is 5.26 Å². The van der Waals surface area contributed by atoms with E-state index in [1.807, 2.05) is 42.6 Å². The van der Waals surface area contributed by atoms with Gasteiger partial charge in [0, 0.05) is 39.7 Å². The minimum Gasteiger partial charge on any atom is -0.455 e. The fourth-order valence-corrected chi connectivity index (χ4v) is 5.06. The molecule has 4 heteroatoms. The van der Waals surface area contributed by atoms with Gasteiger partial charge in [-0.2, -0.15) is 5.26 Å². The van der Waals surface area contributed by atoms with Gasteiger partial charge in [0.1, 0.15) is 17.2 Å². The summed E-state index contributed by atoms with van der Waals surface area (Å²) in [5.74, 6) is 0. The van der Waals surface area contributed by atoms with Crippen LogP contribution in [0.5, 0.6) is 0 Å². The summed E-state index contributed by atoms with van der Waals surface area (Å²) in [4.78, 5) is 4.30. The molecule has 3 aromatic heterocycles. The van der Waals surface area contributed by atoms with E-state index < -0.39 is 0 Å². The minimum absolute atomic E-state index is 0.540. The van der Waals surface area contributed by atoms with Gasteiger partial charge in [-0.25, -0.2) is 0 Å². The normalized spacial score (nSPS) is 11.5. The number of nitriles is 1. The number of hydrogen-bond donors (Lipinski definition) is 0. The number of benzene rings is 4. The standard InChI is InChI=1S/C30H17N3O/c31-16-19-15-20(18-32-17-19)21-7-1-4-10-25(21)33-26-11-5-2-9-24(26)29-27(33)14-13-23-22-8-3-6-12-28(22)34-30(23)29/h1-15,17-18H. The predicted octanol–water partition coefficient (Wildman–Crippen LogP) is 7.62. The molecule has 0 amide bonds. The Morgan fingerprint density at radius 1 is 0.735 bits per heavy atom. The minimum atomic E-state index is 0.540. The van der Waals surface area contributed by atoms with Crippen molar-refractivity contribution in [2.75, 3.05) is 0 Å². The molecule has 0 unspecified atom stereocenters. The Morgan fingerprint density at radius 2 is 1.53 bits per heavy atom. The molecule has 0 radical (unpaired) electrons. The van der Waals surface area contributed by atoms with E-state index >= 15 is 0 Å². The lowest BCUT2D eigenvalue weighted by atomic mass is 10.0. The number of furan rings is 1. The molecule has 4 nitrogen and oxygen atoms in total. The number of rotatable bonds is 2. The molecule has 0 bridgehead atoms. The Balaban J connectivity index is 1.63. The number of nitrogens with zero attached hydrogens (tertiary/aromatic N) is 3. The van der Waals surface area contributed by atoms with Gasteiger partial charge in [0.05, 0.1) is 27.7 Å². The zero-order valence-corrected chi connectivity index (χ0v) is 18.1. The number of fused-ring (bicyclic) bond motifs is 7. The number of aromatic nitrogens is 2. The van der Waals surface area contributed by atoms with Gasteiger partial charge in [-0.05, 0) is 36.4 Å². The molecule has 7 rings (SSSR count). The maximum atomic E-state index is 9.40. The van der Waals surface area contributed by atoms with Crippen LogP contribution < -0.4 is 0 Å². The maximum absolute atomic E-state index is 9.40. The Hall–Kier alpha value is -4.88. The maximum Gasteiger partial charge on any atom is 0.145 e. The van der Waals surface area contributed by atoms with Gasteiger partial charge in [-0.15, -0.1) is 0 Å². The van der Waals surface area contributed by atoms with Crippen LogP contribution in [0.3, 0.4) is 0 Å². The quantitative estimate of drug-likeness (QED) is 0.281. The van der Waals surface area contributed by atoms with E-state index in [1.54, 1.807) is 6.20 Å². The van der Waals surface area contributed by atoms with E-state index in [0.29, 0.717) is 5.56 Å². The summed E-state index contributed by atoms with van der Waals surface area (Å²) in [5.41, 5.74) is 7.46. The Morgan fingerprint density at radius 3 is 2.44 bits per heavy atom. The molecule has 0 aliphatic rings. The van der Waals surface area contributed by atoms with Crippen molar-refractivity contribution in [2.24, 2.45) is 0 Å². The number of hydrogen-bond acceptors (Lipinski definition) is 3. The van der Waals surface area contributed by atoms with Gasteiger partial charge in [0.2, 0.25) is 0 Å². The van der Waals surface area contributed by atoms with Crippen molar-refractivity contribution >= 4 is 43.7 Å². The Bertz CT molecular complexity index is 1930. The molecule has 0 saturated carbocycles. The van der Waals surface area contributed by atoms with Gasteiger partial charge < -0.3 is 8.98 Å². The molecule has 7 aromatic rings. The third-order valence-corrected chi connectivity index (χ3v) is 6.50. The second kappa shape index (κ2) is 7.06. The summed E-state index contributed by atoms with van der Waals surface area (Å²) in [6.07, 6.45) is 3.40. The van der Waals surface area contributed by atoms with Gasteiger partial charge in [-0.1, -0.05) is 54.6 Å². The summed E-state index contributed by atoms with van der Waals surface area (Å²) < 4.78 is 8.69. The second-order valence-corrected chi connectivity index (χ2v) is 8.38. The lowest BCUT2D eigenvalue weighted by molar-refractivity contribution is 0.673. The van der Waals surface area contributed by atoms with Gasteiger partial charge >= 0.3 is 0 Å². The highest BCUT2D eigenvalue weighted by Gasteiger charge is 2.19. The highest BCUT2D eigenvalue weighted by atomic mass is 16.3.